The topological polar surface area (TPSA) is 169 Å². The maximum Gasteiger partial charge on any atom is 0.338 e. The van der Waals surface area contributed by atoms with Gasteiger partial charge in [-0.1, -0.05) is 80.6 Å². The highest BCUT2D eigenvalue weighted by Crippen LogP contribution is 2.62. The Labute approximate surface area is 327 Å². The third kappa shape index (κ3) is 7.79. The third-order valence-corrected chi connectivity index (χ3v) is 12.6. The lowest BCUT2D eigenvalue weighted by Crippen LogP contribution is -2.69. The van der Waals surface area contributed by atoms with Crippen LogP contribution in [0.1, 0.15) is 86.6 Å². The molecule has 2 bridgehead atoms. The first-order chi connectivity index (χ1) is 26.6. The molecule has 0 spiro atoms. The summed E-state index contributed by atoms with van der Waals surface area (Å²) in [5.74, 6) is -2.99. The molecule has 3 fully saturated rings. The van der Waals surface area contributed by atoms with Crippen LogP contribution >= 0.6 is 0 Å². The number of amides is 1. The minimum atomic E-state index is -1.47. The minimum absolute atomic E-state index is 0.0890. The molecule has 7 unspecified atom stereocenters. The Morgan fingerprint density at radius 3 is 1.96 bits per heavy atom. The summed E-state index contributed by atoms with van der Waals surface area (Å²) in [6.45, 7) is 8.91. The van der Waals surface area contributed by atoms with E-state index < -0.39 is 64.4 Å². The zero-order valence-electron chi connectivity index (χ0n) is 32.6. The van der Waals surface area contributed by atoms with Crippen LogP contribution in [0, 0.1) is 22.7 Å². The average Bonchev–Trinajstić information content (AvgIpc) is 3.16. The molecular formula is C45H51NO10. The van der Waals surface area contributed by atoms with E-state index in [0.717, 1.165) is 5.56 Å². The molecule has 1 saturated heterocycles. The van der Waals surface area contributed by atoms with Crippen LogP contribution in [-0.2, 0) is 39.8 Å². The van der Waals surface area contributed by atoms with Crippen LogP contribution in [-0.4, -0.2) is 71.3 Å². The van der Waals surface area contributed by atoms with Crippen molar-refractivity contribution in [3.8, 4) is 0 Å². The maximum absolute atomic E-state index is 15.1. The number of esters is 3. The molecule has 1 heterocycles. The van der Waals surface area contributed by atoms with Crippen LogP contribution in [0.5, 0.6) is 0 Å². The number of rotatable bonds is 8. The summed E-state index contributed by atoms with van der Waals surface area (Å²) in [5.41, 5.74) is 4.07. The van der Waals surface area contributed by atoms with Gasteiger partial charge in [-0.05, 0) is 73.6 Å². The first-order valence-corrected chi connectivity index (χ1v) is 19.2. The molecule has 3 aromatic carbocycles. The number of aliphatic hydroxyl groups is 1. The van der Waals surface area contributed by atoms with Gasteiger partial charge in [0.2, 0.25) is 5.91 Å². The minimum Gasteiger partial charge on any atom is -0.458 e. The molecular weight excluding hydrogens is 714 g/mol. The van der Waals surface area contributed by atoms with E-state index in [4.69, 9.17) is 24.7 Å². The number of fused-ring (bicyclic) bond motifs is 5. The maximum atomic E-state index is 15.1. The highest BCUT2D eigenvalue weighted by molar-refractivity contribution is 5.96. The lowest BCUT2D eigenvalue weighted by atomic mass is 9.47. The number of carbonyl (C=O) groups is 5. The number of hydrogen-bond acceptors (Lipinski definition) is 10. The summed E-state index contributed by atoms with van der Waals surface area (Å²) in [6.07, 6.45) is -2.15. The number of nitrogens with two attached hydrogens (primary N) is 1. The number of Topliss-reactive ketones (excluding diaryl/α,β-unsaturated/α-hetero) is 1. The fraction of sp³-hybridized carbons (Fsp3) is 0.444. The van der Waals surface area contributed by atoms with Crippen molar-refractivity contribution in [1.82, 2.24) is 0 Å². The van der Waals surface area contributed by atoms with Gasteiger partial charge in [-0.3, -0.25) is 19.2 Å². The van der Waals surface area contributed by atoms with Gasteiger partial charge in [0.1, 0.15) is 12.2 Å². The summed E-state index contributed by atoms with van der Waals surface area (Å²) in [7, 11) is 0. The van der Waals surface area contributed by atoms with Crippen molar-refractivity contribution in [2.75, 3.05) is 6.61 Å². The van der Waals surface area contributed by atoms with Gasteiger partial charge >= 0.3 is 17.9 Å². The largest absolute Gasteiger partial charge is 0.458 e. The Morgan fingerprint density at radius 2 is 1.43 bits per heavy atom. The van der Waals surface area contributed by atoms with E-state index >= 15 is 4.79 Å². The number of hydrogen-bond donors (Lipinski definition) is 2. The molecule has 3 aliphatic carbocycles. The smallest absolute Gasteiger partial charge is 0.338 e. The molecule has 0 radical (unpaired) electrons. The second-order valence-corrected chi connectivity index (χ2v) is 16.1. The summed E-state index contributed by atoms with van der Waals surface area (Å²) in [4.78, 5) is 64.8. The van der Waals surface area contributed by atoms with Gasteiger partial charge in [0.05, 0.1) is 29.3 Å². The van der Waals surface area contributed by atoms with E-state index in [-0.39, 0.29) is 37.2 Å². The number of primary amides is 1. The quantitative estimate of drug-likeness (QED) is 0.159. The van der Waals surface area contributed by atoms with Crippen molar-refractivity contribution in [1.29, 1.82) is 0 Å². The Kier molecular flexibility index (Phi) is 11.7. The SMILES string of the molecule is CC(=O)OC1C(=O)C2(C)C(OC(=O)c3ccccc3)CC3OCC3C2CC2(O)C[C@H](OC(=O)CCc3ccccc3)C(C)=C1C2(C)C.NC(=O)c1ccccc1. The summed E-state index contributed by atoms with van der Waals surface area (Å²) in [6, 6.07) is 27.0. The number of carbonyl (C=O) groups excluding carboxylic acids is 5. The van der Waals surface area contributed by atoms with Crippen molar-refractivity contribution in [2.45, 2.75) is 96.7 Å². The Bertz CT molecular complexity index is 1980. The molecule has 3 N–H and O–H groups in total. The second-order valence-electron chi connectivity index (χ2n) is 16.1. The molecule has 11 nitrogen and oxygen atoms in total. The van der Waals surface area contributed by atoms with Crippen LogP contribution in [0.2, 0.25) is 0 Å². The molecule has 8 atom stereocenters. The molecule has 56 heavy (non-hydrogen) atoms. The van der Waals surface area contributed by atoms with Crippen molar-refractivity contribution in [3.63, 3.8) is 0 Å². The van der Waals surface area contributed by atoms with E-state index in [1.54, 1.807) is 68.4 Å². The fourth-order valence-electron chi connectivity index (χ4n) is 9.15. The molecule has 0 aromatic heterocycles. The summed E-state index contributed by atoms with van der Waals surface area (Å²) in [5, 5.41) is 12.8. The predicted octanol–water partition coefficient (Wildman–Crippen LogP) is 5.97. The number of ether oxygens (including phenoxy) is 4. The first kappa shape index (κ1) is 40.5. The standard InChI is InChI=1S/C38H44O9.C7H7NO/c1-22-29(46-31(40)17-16-24-12-8-6-9-13-24)20-38(43)19-27-26-21-44-28(26)18-30(47-35(42)25-14-10-7-11-15-25)37(27,5)34(41)33(45-23(2)39)32(22)36(38,3)4;8-7(9)6-4-2-1-3-5-6/h6-15,26-30,33,43H,16-21H2,1-5H3;1-5H,(H2,8,9)/t26?,27?,28?,29-,30?,33?,37?,38?;/m0./s1. The van der Waals surface area contributed by atoms with Crippen LogP contribution in [0.3, 0.4) is 0 Å². The van der Waals surface area contributed by atoms with E-state index in [0.29, 0.717) is 41.7 Å². The van der Waals surface area contributed by atoms with Crippen molar-refractivity contribution in [3.05, 3.63) is 119 Å². The highest BCUT2D eigenvalue weighted by atomic mass is 16.6. The van der Waals surface area contributed by atoms with E-state index in [1.165, 1.54) is 6.92 Å². The van der Waals surface area contributed by atoms with Crippen LogP contribution in [0.15, 0.2) is 102 Å². The first-order valence-electron chi connectivity index (χ1n) is 19.2. The molecule has 11 heteroatoms. The van der Waals surface area contributed by atoms with E-state index in [2.05, 4.69) is 0 Å². The van der Waals surface area contributed by atoms with Crippen molar-refractivity contribution in [2.24, 2.45) is 28.4 Å². The van der Waals surface area contributed by atoms with Gasteiger partial charge in [-0.2, -0.15) is 0 Å². The van der Waals surface area contributed by atoms with E-state index in [1.807, 2.05) is 50.2 Å². The molecule has 296 valence electrons. The average molecular weight is 766 g/mol. The molecule has 2 saturated carbocycles. The van der Waals surface area contributed by atoms with Gasteiger partial charge in [-0.25, -0.2) is 4.79 Å². The lowest BCUT2D eigenvalue weighted by molar-refractivity contribution is -0.244. The molecule has 7 rings (SSSR count). The molecule has 3 aromatic rings. The van der Waals surface area contributed by atoms with Gasteiger partial charge < -0.3 is 29.8 Å². The van der Waals surface area contributed by atoms with Gasteiger partial charge in [-0.15, -0.1) is 0 Å². The normalized spacial score (nSPS) is 30.0. The molecule has 1 aliphatic heterocycles. The van der Waals surface area contributed by atoms with Crippen LogP contribution in [0.25, 0.3) is 0 Å². The second kappa shape index (κ2) is 16.2. The summed E-state index contributed by atoms with van der Waals surface area (Å²) < 4.78 is 24.0. The highest BCUT2D eigenvalue weighted by Gasteiger charge is 2.68. The predicted molar refractivity (Wildman–Crippen MR) is 206 cm³/mol. The lowest BCUT2D eigenvalue weighted by Gasteiger charge is -2.62. The Morgan fingerprint density at radius 1 is 0.839 bits per heavy atom. The summed E-state index contributed by atoms with van der Waals surface area (Å²) >= 11 is 0. The zero-order chi connectivity index (χ0) is 40.4. The van der Waals surface area contributed by atoms with Gasteiger partial charge in [0.15, 0.2) is 11.9 Å². The number of benzene rings is 3. The Balaban J connectivity index is 0.000000520. The van der Waals surface area contributed by atoms with Crippen LogP contribution < -0.4 is 5.73 Å². The van der Waals surface area contributed by atoms with Crippen molar-refractivity contribution >= 4 is 29.6 Å². The van der Waals surface area contributed by atoms with Crippen LogP contribution in [0.4, 0.5) is 0 Å². The number of aryl methyl sites for hydroxylation is 1. The van der Waals surface area contributed by atoms with Gasteiger partial charge in [0.25, 0.3) is 0 Å². The Hall–Kier alpha value is -5.13. The third-order valence-electron chi connectivity index (χ3n) is 12.6. The zero-order valence-corrected chi connectivity index (χ0v) is 32.6. The van der Waals surface area contributed by atoms with E-state index in [9.17, 15) is 24.3 Å². The van der Waals surface area contributed by atoms with Crippen molar-refractivity contribution < 1.29 is 48.0 Å². The number of ketones is 1. The molecule has 4 aliphatic rings. The monoisotopic (exact) mass is 765 g/mol. The van der Waals surface area contributed by atoms with Gasteiger partial charge in [0, 0.05) is 43.1 Å². The fourth-order valence-corrected chi connectivity index (χ4v) is 9.15. The molecule has 1 amide bonds.